The zero-order valence-electron chi connectivity index (χ0n) is 9.52. The summed E-state index contributed by atoms with van der Waals surface area (Å²) in [6.07, 6.45) is 3.68. The van der Waals surface area contributed by atoms with E-state index >= 15 is 0 Å². The largest absolute Gasteiger partial charge is 0.481 e. The van der Waals surface area contributed by atoms with Crippen LogP contribution in [0.2, 0.25) is 0 Å². The second kappa shape index (κ2) is 13.9. The summed E-state index contributed by atoms with van der Waals surface area (Å²) in [5.41, 5.74) is 10.2. The fourth-order valence-electron chi connectivity index (χ4n) is 0.851. The van der Waals surface area contributed by atoms with Crippen molar-refractivity contribution in [2.75, 3.05) is 13.1 Å². The monoisotopic (exact) mass is 234 g/mol. The number of carboxylic acids is 2. The van der Waals surface area contributed by atoms with Crippen LogP contribution in [-0.2, 0) is 9.59 Å². The minimum atomic E-state index is -0.773. The predicted molar refractivity (Wildman–Crippen MR) is 61.1 cm³/mol. The number of hydrogen-bond acceptors (Lipinski definition) is 4. The van der Waals surface area contributed by atoms with Crippen molar-refractivity contribution in [2.24, 2.45) is 11.5 Å². The third-order valence-corrected chi connectivity index (χ3v) is 1.69. The normalized spacial score (nSPS) is 9.12. The zero-order valence-corrected chi connectivity index (χ0v) is 9.52. The van der Waals surface area contributed by atoms with Crippen molar-refractivity contribution in [1.82, 2.24) is 0 Å². The Labute approximate surface area is 95.6 Å². The van der Waals surface area contributed by atoms with Gasteiger partial charge in [-0.25, -0.2) is 0 Å². The molecule has 6 nitrogen and oxygen atoms in total. The van der Waals surface area contributed by atoms with Gasteiger partial charge in [-0.05, 0) is 32.4 Å². The Bertz CT molecular complexity index is 186. The fourth-order valence-corrected chi connectivity index (χ4v) is 0.851. The molecule has 6 N–H and O–H groups in total. The van der Waals surface area contributed by atoms with E-state index in [-0.39, 0.29) is 12.8 Å². The van der Waals surface area contributed by atoms with E-state index in [1.165, 1.54) is 0 Å². The lowest BCUT2D eigenvalue weighted by Crippen LogP contribution is -2.02. The van der Waals surface area contributed by atoms with Gasteiger partial charge in [0.05, 0.1) is 0 Å². The molecule has 0 aliphatic carbocycles. The topological polar surface area (TPSA) is 127 Å². The molecule has 0 spiro atoms. The average Bonchev–Trinajstić information content (AvgIpc) is 2.22. The van der Waals surface area contributed by atoms with Crippen LogP contribution in [-0.4, -0.2) is 35.2 Å². The molecule has 0 aliphatic rings. The summed E-state index contributed by atoms with van der Waals surface area (Å²) in [6.45, 7) is 1.13. The standard InChI is InChI=1S/C6H13NO2.C4H9NO2/c7-5-3-1-2-4-6(8)9;5-3-1-2-4(6)7/h1-5,7H2,(H,8,9);1-3,5H2,(H,6,7). The van der Waals surface area contributed by atoms with E-state index in [4.69, 9.17) is 21.7 Å². The van der Waals surface area contributed by atoms with Gasteiger partial charge in [0.2, 0.25) is 0 Å². The molecule has 0 atom stereocenters. The van der Waals surface area contributed by atoms with Gasteiger partial charge in [-0.15, -0.1) is 0 Å². The highest BCUT2D eigenvalue weighted by molar-refractivity contribution is 5.66. The first-order valence-electron chi connectivity index (χ1n) is 5.38. The summed E-state index contributed by atoms with van der Waals surface area (Å²) >= 11 is 0. The summed E-state index contributed by atoms with van der Waals surface area (Å²) in [4.78, 5) is 19.6. The lowest BCUT2D eigenvalue weighted by Gasteiger charge is -1.93. The Morgan fingerprint density at radius 1 is 0.750 bits per heavy atom. The molecule has 0 aromatic carbocycles. The van der Waals surface area contributed by atoms with Crippen molar-refractivity contribution in [1.29, 1.82) is 0 Å². The maximum Gasteiger partial charge on any atom is 0.303 e. The lowest BCUT2D eigenvalue weighted by atomic mass is 10.2. The maximum atomic E-state index is 9.93. The van der Waals surface area contributed by atoms with Crippen LogP contribution in [0.5, 0.6) is 0 Å². The molecule has 0 rings (SSSR count). The smallest absolute Gasteiger partial charge is 0.303 e. The first-order chi connectivity index (χ1) is 7.54. The molecule has 0 heterocycles. The molecule has 6 heteroatoms. The van der Waals surface area contributed by atoms with Crippen molar-refractivity contribution in [2.45, 2.75) is 38.5 Å². The molecule has 0 amide bonds. The molecule has 0 aromatic heterocycles. The summed E-state index contributed by atoms with van der Waals surface area (Å²) in [5.74, 6) is -1.49. The molecule has 0 fully saturated rings. The van der Waals surface area contributed by atoms with Crippen LogP contribution >= 0.6 is 0 Å². The Balaban J connectivity index is 0. The van der Waals surface area contributed by atoms with E-state index in [9.17, 15) is 9.59 Å². The number of rotatable bonds is 8. The predicted octanol–water partition coefficient (Wildman–Crippen LogP) is 0.400. The highest BCUT2D eigenvalue weighted by atomic mass is 16.4. The first-order valence-corrected chi connectivity index (χ1v) is 5.38. The zero-order chi connectivity index (χ0) is 12.8. The van der Waals surface area contributed by atoms with E-state index < -0.39 is 11.9 Å². The van der Waals surface area contributed by atoms with Crippen LogP contribution in [0.25, 0.3) is 0 Å². The molecule has 0 radical (unpaired) electrons. The Hall–Kier alpha value is -1.14. The van der Waals surface area contributed by atoms with Crippen molar-refractivity contribution in [3.05, 3.63) is 0 Å². The number of carboxylic acid groups (broad SMARTS) is 2. The molecule has 0 aromatic rings. The molecule has 0 bridgehead atoms. The van der Waals surface area contributed by atoms with E-state index in [0.29, 0.717) is 19.5 Å². The maximum absolute atomic E-state index is 9.93. The second-order valence-corrected chi connectivity index (χ2v) is 3.28. The average molecular weight is 234 g/mol. The van der Waals surface area contributed by atoms with Crippen LogP contribution in [0.15, 0.2) is 0 Å². The SMILES string of the molecule is NCCCC(=O)O.NCCCCCC(=O)O. The van der Waals surface area contributed by atoms with Gasteiger partial charge in [0.1, 0.15) is 0 Å². The first kappa shape index (κ1) is 17.3. The third-order valence-electron chi connectivity index (χ3n) is 1.69. The van der Waals surface area contributed by atoms with Crippen molar-refractivity contribution in [3.8, 4) is 0 Å². The van der Waals surface area contributed by atoms with Gasteiger partial charge in [0, 0.05) is 12.8 Å². The summed E-state index contributed by atoms with van der Waals surface area (Å²) in [7, 11) is 0. The molecule has 0 aliphatic heterocycles. The van der Waals surface area contributed by atoms with Gasteiger partial charge in [-0.1, -0.05) is 6.42 Å². The highest BCUT2D eigenvalue weighted by Gasteiger charge is 1.94. The number of hydrogen-bond donors (Lipinski definition) is 4. The number of unbranched alkanes of at least 4 members (excludes halogenated alkanes) is 2. The molecule has 0 saturated heterocycles. The van der Waals surface area contributed by atoms with Gasteiger partial charge in [0.15, 0.2) is 0 Å². The van der Waals surface area contributed by atoms with Crippen LogP contribution < -0.4 is 11.5 Å². The summed E-state index contributed by atoms with van der Waals surface area (Å²) in [5, 5.41) is 16.2. The molecular weight excluding hydrogens is 212 g/mol. The van der Waals surface area contributed by atoms with E-state index in [0.717, 1.165) is 19.3 Å². The Morgan fingerprint density at radius 3 is 1.50 bits per heavy atom. The minimum absolute atomic E-state index is 0.191. The van der Waals surface area contributed by atoms with Crippen LogP contribution in [0.4, 0.5) is 0 Å². The number of carbonyl (C=O) groups is 2. The van der Waals surface area contributed by atoms with Crippen LogP contribution in [0.1, 0.15) is 38.5 Å². The van der Waals surface area contributed by atoms with E-state index in [2.05, 4.69) is 0 Å². The van der Waals surface area contributed by atoms with Crippen molar-refractivity contribution >= 4 is 11.9 Å². The van der Waals surface area contributed by atoms with Gasteiger partial charge in [-0.3, -0.25) is 9.59 Å². The van der Waals surface area contributed by atoms with Gasteiger partial charge in [0.25, 0.3) is 0 Å². The van der Waals surface area contributed by atoms with Gasteiger partial charge in [-0.2, -0.15) is 0 Å². The Morgan fingerprint density at radius 2 is 1.19 bits per heavy atom. The summed E-state index contributed by atoms with van der Waals surface area (Å²) in [6, 6.07) is 0. The molecule has 0 saturated carbocycles. The summed E-state index contributed by atoms with van der Waals surface area (Å²) < 4.78 is 0. The quantitative estimate of drug-likeness (QED) is 0.450. The van der Waals surface area contributed by atoms with Crippen LogP contribution in [0, 0.1) is 0 Å². The molecule has 16 heavy (non-hydrogen) atoms. The second-order valence-electron chi connectivity index (χ2n) is 3.28. The molecular formula is C10H22N2O4. The number of nitrogens with two attached hydrogens (primary N) is 2. The van der Waals surface area contributed by atoms with E-state index in [1.807, 2.05) is 0 Å². The van der Waals surface area contributed by atoms with E-state index in [1.54, 1.807) is 0 Å². The molecule has 0 unspecified atom stereocenters. The van der Waals surface area contributed by atoms with Crippen molar-refractivity contribution < 1.29 is 19.8 Å². The van der Waals surface area contributed by atoms with Gasteiger partial charge < -0.3 is 21.7 Å². The molecule has 96 valence electrons. The van der Waals surface area contributed by atoms with Crippen molar-refractivity contribution in [3.63, 3.8) is 0 Å². The Kier molecular flexibility index (Phi) is 15.0. The van der Waals surface area contributed by atoms with Crippen LogP contribution in [0.3, 0.4) is 0 Å². The van der Waals surface area contributed by atoms with Gasteiger partial charge >= 0.3 is 11.9 Å². The lowest BCUT2D eigenvalue weighted by molar-refractivity contribution is -0.138. The fraction of sp³-hybridized carbons (Fsp3) is 0.800. The third kappa shape index (κ3) is 23.0. The minimum Gasteiger partial charge on any atom is -0.481 e. The number of aliphatic carboxylic acids is 2. The highest BCUT2D eigenvalue weighted by Crippen LogP contribution is 1.97.